The third kappa shape index (κ3) is 4.79. The molecule has 3 N–H and O–H groups in total. The Bertz CT molecular complexity index is 773. The van der Waals surface area contributed by atoms with Crippen molar-refractivity contribution in [1.82, 2.24) is 5.43 Å². The number of carbonyl (C=O) groups is 1. The van der Waals surface area contributed by atoms with Crippen LogP contribution in [0.5, 0.6) is 11.5 Å². The topological polar surface area (TPSA) is 85.9 Å². The number of methoxy groups -OCH3 is 1. The number of esters is 1. The van der Waals surface area contributed by atoms with Crippen molar-refractivity contribution in [1.29, 1.82) is 0 Å². The van der Waals surface area contributed by atoms with Crippen LogP contribution in [0, 0.1) is 6.92 Å². The fourth-order valence-corrected chi connectivity index (χ4v) is 1.92. The van der Waals surface area contributed by atoms with Gasteiger partial charge in [0.2, 0.25) is 0 Å². The van der Waals surface area contributed by atoms with Crippen molar-refractivity contribution in [2.45, 2.75) is 6.92 Å². The van der Waals surface area contributed by atoms with Gasteiger partial charge in [0.05, 0.1) is 18.9 Å². The second kappa shape index (κ2) is 8.07. The van der Waals surface area contributed by atoms with Gasteiger partial charge in [0.1, 0.15) is 0 Å². The lowest BCUT2D eigenvalue weighted by Crippen LogP contribution is -2.23. The maximum Gasteiger partial charge on any atom is 0.343 e. The van der Waals surface area contributed by atoms with Gasteiger partial charge < -0.3 is 15.2 Å². The minimum absolute atomic E-state index is 0.0609. The molecule has 2 aromatic carbocycles. The van der Waals surface area contributed by atoms with Crippen LogP contribution in [-0.4, -0.2) is 24.4 Å². The van der Waals surface area contributed by atoms with Crippen LogP contribution in [0.15, 0.2) is 47.6 Å². The average molecular weight is 343 g/mol. The van der Waals surface area contributed by atoms with E-state index in [1.807, 2.05) is 19.1 Å². The monoisotopic (exact) mass is 343 g/mol. The van der Waals surface area contributed by atoms with Crippen molar-refractivity contribution in [3.05, 3.63) is 59.2 Å². The van der Waals surface area contributed by atoms with Crippen molar-refractivity contribution in [3.63, 3.8) is 0 Å². The molecule has 0 spiro atoms. The van der Waals surface area contributed by atoms with E-state index in [1.54, 1.807) is 30.3 Å². The number of carbonyl (C=O) groups excluding carboxylic acids is 1. The second-order valence-electron chi connectivity index (χ2n) is 4.90. The Morgan fingerprint density at radius 2 is 1.92 bits per heavy atom. The van der Waals surface area contributed by atoms with Gasteiger partial charge >= 0.3 is 5.97 Å². The van der Waals surface area contributed by atoms with Gasteiger partial charge in [-0.15, -0.1) is 0 Å². The lowest BCUT2D eigenvalue weighted by molar-refractivity contribution is 0.0729. The molecule has 2 rings (SSSR count). The minimum Gasteiger partial charge on any atom is -0.493 e. The Balaban J connectivity index is 2.20. The zero-order chi connectivity index (χ0) is 17.5. The van der Waals surface area contributed by atoms with Gasteiger partial charge in [0.25, 0.3) is 0 Å². The zero-order valence-corrected chi connectivity index (χ0v) is 14.1. The smallest absolute Gasteiger partial charge is 0.343 e. The van der Waals surface area contributed by atoms with E-state index in [0.29, 0.717) is 22.6 Å². The van der Waals surface area contributed by atoms with Gasteiger partial charge in [-0.2, -0.15) is 5.10 Å². The summed E-state index contributed by atoms with van der Waals surface area (Å²) in [5, 5.41) is 3.92. The van der Waals surface area contributed by atoms with E-state index < -0.39 is 5.97 Å². The first kappa shape index (κ1) is 17.4. The Morgan fingerprint density at radius 3 is 2.54 bits per heavy atom. The van der Waals surface area contributed by atoms with Crippen molar-refractivity contribution in [3.8, 4) is 11.5 Å². The number of nitrogens with zero attached hydrogens (tertiary/aromatic N) is 1. The summed E-state index contributed by atoms with van der Waals surface area (Å²) >= 11 is 4.66. The van der Waals surface area contributed by atoms with E-state index in [9.17, 15) is 4.79 Å². The van der Waals surface area contributed by atoms with Gasteiger partial charge in [0.15, 0.2) is 16.6 Å². The van der Waals surface area contributed by atoms with Crippen molar-refractivity contribution < 1.29 is 14.3 Å². The number of aryl methyl sites for hydroxylation is 1. The Kier molecular flexibility index (Phi) is 5.86. The number of thiocarbonyl (C=S) groups is 1. The molecule has 0 fully saturated rings. The molecule has 0 heterocycles. The number of nitrogens with one attached hydrogen (secondary N) is 1. The Labute approximate surface area is 145 Å². The first-order valence-electron chi connectivity index (χ1n) is 7.05. The number of ether oxygens (including phenoxy) is 2. The van der Waals surface area contributed by atoms with E-state index in [2.05, 4.69) is 22.7 Å². The normalized spacial score (nSPS) is 10.4. The molecule has 0 unspecified atom stereocenters. The maximum absolute atomic E-state index is 12.3. The van der Waals surface area contributed by atoms with Crippen molar-refractivity contribution >= 4 is 29.5 Å². The molecule has 24 heavy (non-hydrogen) atoms. The standard InChI is InChI=1S/C17H17N3O3S/c1-11-3-6-13(7-4-11)16(21)23-15-9-12(5-8-14(15)22-2)10-19-20-17(18)24/h3-10H,1-2H3,(H3,18,20,24)/b19-10-. The first-order chi connectivity index (χ1) is 11.5. The number of hydrogen-bond donors (Lipinski definition) is 2. The van der Waals surface area contributed by atoms with Crippen LogP contribution in [0.4, 0.5) is 0 Å². The molecule has 124 valence electrons. The molecule has 0 bridgehead atoms. The number of hydrogen-bond acceptors (Lipinski definition) is 5. The van der Waals surface area contributed by atoms with Crippen LogP contribution in [0.3, 0.4) is 0 Å². The molecule has 0 saturated heterocycles. The zero-order valence-electron chi connectivity index (χ0n) is 13.3. The molecule has 0 amide bonds. The summed E-state index contributed by atoms with van der Waals surface area (Å²) in [6.07, 6.45) is 1.50. The van der Waals surface area contributed by atoms with E-state index in [0.717, 1.165) is 5.56 Å². The highest BCUT2D eigenvalue weighted by Crippen LogP contribution is 2.28. The molecular weight excluding hydrogens is 326 g/mol. The average Bonchev–Trinajstić information content (AvgIpc) is 2.55. The summed E-state index contributed by atoms with van der Waals surface area (Å²) in [4.78, 5) is 12.3. The molecule has 0 radical (unpaired) electrons. The summed E-state index contributed by atoms with van der Waals surface area (Å²) in [5.74, 6) is 0.265. The van der Waals surface area contributed by atoms with Gasteiger partial charge in [0, 0.05) is 0 Å². The van der Waals surface area contributed by atoms with E-state index in [1.165, 1.54) is 13.3 Å². The summed E-state index contributed by atoms with van der Waals surface area (Å²) in [6.45, 7) is 1.95. The van der Waals surface area contributed by atoms with Crippen LogP contribution in [0.2, 0.25) is 0 Å². The lowest BCUT2D eigenvalue weighted by Gasteiger charge is -2.10. The molecule has 0 atom stereocenters. The van der Waals surface area contributed by atoms with Crippen molar-refractivity contribution in [2.24, 2.45) is 10.8 Å². The number of benzene rings is 2. The highest BCUT2D eigenvalue weighted by atomic mass is 32.1. The first-order valence-corrected chi connectivity index (χ1v) is 7.46. The number of nitrogens with two attached hydrogens (primary N) is 1. The molecular formula is C17H17N3O3S. The summed E-state index contributed by atoms with van der Waals surface area (Å²) in [7, 11) is 1.50. The Hall–Kier alpha value is -2.93. The third-order valence-corrected chi connectivity index (χ3v) is 3.16. The van der Waals surface area contributed by atoms with Gasteiger partial charge in [-0.05, 0) is 55.0 Å². The van der Waals surface area contributed by atoms with E-state index in [4.69, 9.17) is 15.2 Å². The van der Waals surface area contributed by atoms with E-state index >= 15 is 0 Å². The van der Waals surface area contributed by atoms with Crippen molar-refractivity contribution in [2.75, 3.05) is 7.11 Å². The SMILES string of the molecule is COc1ccc(/C=N\NC(N)=S)cc1OC(=O)c1ccc(C)cc1. The molecule has 0 aliphatic heterocycles. The number of rotatable bonds is 5. The quantitative estimate of drug-likeness (QED) is 0.285. The fraction of sp³-hybridized carbons (Fsp3) is 0.118. The summed E-state index contributed by atoms with van der Waals surface area (Å²) < 4.78 is 10.7. The van der Waals surface area contributed by atoms with Gasteiger partial charge in [-0.1, -0.05) is 17.7 Å². The highest BCUT2D eigenvalue weighted by molar-refractivity contribution is 7.80. The predicted octanol–water partition coefficient (Wildman–Crippen LogP) is 2.39. The highest BCUT2D eigenvalue weighted by Gasteiger charge is 2.12. The largest absolute Gasteiger partial charge is 0.493 e. The molecule has 0 saturated carbocycles. The minimum atomic E-state index is -0.469. The fourth-order valence-electron chi connectivity index (χ4n) is 1.87. The molecule has 0 aliphatic carbocycles. The summed E-state index contributed by atoms with van der Waals surface area (Å²) in [6, 6.07) is 12.2. The summed E-state index contributed by atoms with van der Waals surface area (Å²) in [5.41, 5.74) is 9.95. The predicted molar refractivity (Wildman–Crippen MR) is 96.6 cm³/mol. The Morgan fingerprint density at radius 1 is 1.21 bits per heavy atom. The third-order valence-electron chi connectivity index (χ3n) is 3.07. The number of hydrazone groups is 1. The maximum atomic E-state index is 12.3. The van der Waals surface area contributed by atoms with Crippen LogP contribution in [-0.2, 0) is 0 Å². The van der Waals surface area contributed by atoms with Gasteiger partial charge in [-0.3, -0.25) is 5.43 Å². The second-order valence-corrected chi connectivity index (χ2v) is 5.34. The van der Waals surface area contributed by atoms with Gasteiger partial charge in [-0.25, -0.2) is 4.79 Å². The molecule has 0 aliphatic rings. The molecule has 0 aromatic heterocycles. The molecule has 7 heteroatoms. The molecule has 6 nitrogen and oxygen atoms in total. The van der Waals surface area contributed by atoms with E-state index in [-0.39, 0.29) is 5.11 Å². The van der Waals surface area contributed by atoms with Crippen LogP contribution in [0.1, 0.15) is 21.5 Å². The van der Waals surface area contributed by atoms with Crippen LogP contribution >= 0.6 is 12.2 Å². The van der Waals surface area contributed by atoms with Crippen LogP contribution in [0.25, 0.3) is 0 Å². The van der Waals surface area contributed by atoms with Crippen LogP contribution < -0.4 is 20.6 Å². The molecule has 2 aromatic rings. The lowest BCUT2D eigenvalue weighted by atomic mass is 10.1.